The van der Waals surface area contributed by atoms with Crippen LogP contribution in [0.2, 0.25) is 0 Å². The number of hydrogen-bond acceptors (Lipinski definition) is 0. The Morgan fingerprint density at radius 2 is 1.33 bits per heavy atom. The molecule has 36 heavy (non-hydrogen) atoms. The second-order valence-electron chi connectivity index (χ2n) is 11.0. The number of hydrogen-bond donors (Lipinski definition) is 0. The first kappa shape index (κ1) is 26.9. The normalized spacial score (nSPS) is 25.7. The Kier molecular flexibility index (Phi) is 8.57. The van der Waals surface area contributed by atoms with Gasteiger partial charge in [-0.3, -0.25) is 0 Å². The predicted octanol–water partition coefficient (Wildman–Crippen LogP) is 10.5. The SMILES string of the molecule is CCCC1CCC(C2CCC(C=C(C)c3ccc(-c4cc(F)c(C(F)(F)F)c(F)c4)cc3)CC2)CC1. The van der Waals surface area contributed by atoms with Gasteiger partial charge in [0.15, 0.2) is 0 Å². The van der Waals surface area contributed by atoms with Gasteiger partial charge < -0.3 is 0 Å². The molecule has 0 radical (unpaired) electrons. The number of halogens is 5. The van der Waals surface area contributed by atoms with Crippen molar-refractivity contribution in [2.45, 2.75) is 84.2 Å². The molecule has 0 aromatic heterocycles. The smallest absolute Gasteiger partial charge is 0.206 e. The summed E-state index contributed by atoms with van der Waals surface area (Å²) < 4.78 is 66.5. The van der Waals surface area contributed by atoms with Crippen molar-refractivity contribution in [2.24, 2.45) is 23.7 Å². The van der Waals surface area contributed by atoms with Crippen LogP contribution in [0.25, 0.3) is 16.7 Å². The summed E-state index contributed by atoms with van der Waals surface area (Å²) in [6.07, 6.45) is 10.7. The lowest BCUT2D eigenvalue weighted by molar-refractivity contribution is -0.142. The number of alkyl halides is 3. The van der Waals surface area contributed by atoms with Crippen molar-refractivity contribution in [1.29, 1.82) is 0 Å². The molecular formula is C31H37F5. The summed E-state index contributed by atoms with van der Waals surface area (Å²) in [5.74, 6) is 0.120. The van der Waals surface area contributed by atoms with E-state index < -0.39 is 23.4 Å². The average molecular weight is 505 g/mol. The van der Waals surface area contributed by atoms with Gasteiger partial charge in [-0.25, -0.2) is 8.78 Å². The molecule has 0 bridgehead atoms. The lowest BCUT2D eigenvalue weighted by Gasteiger charge is -2.37. The molecule has 2 fully saturated rings. The fraction of sp³-hybridized carbons (Fsp3) is 0.548. The Bertz CT molecular complexity index is 1010. The summed E-state index contributed by atoms with van der Waals surface area (Å²) >= 11 is 0. The van der Waals surface area contributed by atoms with Crippen LogP contribution in [0.5, 0.6) is 0 Å². The molecule has 0 aliphatic heterocycles. The first-order valence-electron chi connectivity index (χ1n) is 13.5. The second kappa shape index (κ2) is 11.5. The minimum absolute atomic E-state index is 0.0910. The number of benzene rings is 2. The van der Waals surface area contributed by atoms with Gasteiger partial charge in [-0.1, -0.05) is 62.9 Å². The van der Waals surface area contributed by atoms with Crippen LogP contribution >= 0.6 is 0 Å². The van der Waals surface area contributed by atoms with Crippen molar-refractivity contribution < 1.29 is 22.0 Å². The van der Waals surface area contributed by atoms with Crippen LogP contribution in [-0.2, 0) is 6.18 Å². The second-order valence-corrected chi connectivity index (χ2v) is 11.0. The predicted molar refractivity (Wildman–Crippen MR) is 136 cm³/mol. The third-order valence-electron chi connectivity index (χ3n) is 8.56. The molecule has 2 aromatic rings. The lowest BCUT2D eigenvalue weighted by Crippen LogP contribution is -2.25. The van der Waals surface area contributed by atoms with Crippen molar-refractivity contribution in [3.8, 4) is 11.1 Å². The number of allylic oxidation sites excluding steroid dienone is 2. The molecule has 4 rings (SSSR count). The quantitative estimate of drug-likeness (QED) is 0.343. The molecule has 0 amide bonds. The molecule has 196 valence electrons. The first-order chi connectivity index (χ1) is 17.2. The highest BCUT2D eigenvalue weighted by atomic mass is 19.4. The summed E-state index contributed by atoms with van der Waals surface area (Å²) in [4.78, 5) is 0. The molecule has 0 saturated heterocycles. The van der Waals surface area contributed by atoms with Crippen LogP contribution in [0.3, 0.4) is 0 Å². The summed E-state index contributed by atoms with van der Waals surface area (Å²) in [6.45, 7) is 4.37. The zero-order valence-electron chi connectivity index (χ0n) is 21.3. The van der Waals surface area contributed by atoms with Gasteiger partial charge in [0.05, 0.1) is 0 Å². The standard InChI is InChI=1S/C31H37F5/c1-3-4-21-5-9-24(10-6-21)25-11-7-22(8-12-25)17-20(2)23-13-15-26(16-14-23)27-18-28(32)30(29(33)19-27)31(34,35)36/h13-19,21-22,24-25H,3-12H2,1-2H3. The van der Waals surface area contributed by atoms with Gasteiger partial charge in [-0.2, -0.15) is 13.2 Å². The lowest BCUT2D eigenvalue weighted by atomic mass is 9.68. The van der Waals surface area contributed by atoms with Crippen molar-refractivity contribution in [1.82, 2.24) is 0 Å². The third kappa shape index (κ3) is 6.39. The molecule has 0 N–H and O–H groups in total. The first-order valence-corrected chi connectivity index (χ1v) is 13.5. The molecule has 0 unspecified atom stereocenters. The maximum absolute atomic E-state index is 14.0. The Morgan fingerprint density at radius 1 is 0.806 bits per heavy atom. The fourth-order valence-electron chi connectivity index (χ4n) is 6.53. The van der Waals surface area contributed by atoms with Crippen molar-refractivity contribution >= 4 is 5.57 Å². The highest BCUT2D eigenvalue weighted by Gasteiger charge is 2.38. The summed E-state index contributed by atoms with van der Waals surface area (Å²) in [6, 6.07) is 8.65. The van der Waals surface area contributed by atoms with E-state index in [1.165, 1.54) is 64.2 Å². The third-order valence-corrected chi connectivity index (χ3v) is 8.56. The van der Waals surface area contributed by atoms with Gasteiger partial charge in [0.1, 0.15) is 17.2 Å². The van der Waals surface area contributed by atoms with Crippen LogP contribution in [-0.4, -0.2) is 0 Å². The van der Waals surface area contributed by atoms with E-state index in [-0.39, 0.29) is 5.56 Å². The Hall–Kier alpha value is -2.17. The Labute approximate surface area is 212 Å². The topological polar surface area (TPSA) is 0 Å². The summed E-state index contributed by atoms with van der Waals surface area (Å²) in [7, 11) is 0. The average Bonchev–Trinajstić information content (AvgIpc) is 2.84. The maximum atomic E-state index is 14.0. The molecule has 5 heteroatoms. The molecular weight excluding hydrogens is 467 g/mol. The largest absolute Gasteiger partial charge is 0.422 e. The Morgan fingerprint density at radius 3 is 1.83 bits per heavy atom. The van der Waals surface area contributed by atoms with Crippen molar-refractivity contribution in [3.05, 3.63) is 65.2 Å². The zero-order chi connectivity index (χ0) is 25.9. The molecule has 0 spiro atoms. The van der Waals surface area contributed by atoms with E-state index in [1.54, 1.807) is 12.1 Å². The molecule has 0 heterocycles. The van der Waals surface area contributed by atoms with Gasteiger partial charge in [-0.05, 0) is 104 Å². The number of rotatable bonds is 6. The van der Waals surface area contributed by atoms with Crippen LogP contribution < -0.4 is 0 Å². The van der Waals surface area contributed by atoms with Gasteiger partial charge in [0.25, 0.3) is 0 Å². The van der Waals surface area contributed by atoms with E-state index in [9.17, 15) is 22.0 Å². The minimum atomic E-state index is -5.06. The van der Waals surface area contributed by atoms with E-state index in [4.69, 9.17) is 0 Å². The molecule has 2 aromatic carbocycles. The van der Waals surface area contributed by atoms with Crippen LogP contribution in [0.4, 0.5) is 22.0 Å². The fourth-order valence-corrected chi connectivity index (χ4v) is 6.53. The van der Waals surface area contributed by atoms with E-state index in [0.29, 0.717) is 11.5 Å². The van der Waals surface area contributed by atoms with E-state index in [2.05, 4.69) is 19.9 Å². The molecule has 0 nitrogen and oxygen atoms in total. The highest BCUT2D eigenvalue weighted by Crippen LogP contribution is 2.43. The van der Waals surface area contributed by atoms with E-state index in [0.717, 1.165) is 41.0 Å². The van der Waals surface area contributed by atoms with E-state index >= 15 is 0 Å². The van der Waals surface area contributed by atoms with Gasteiger partial charge >= 0.3 is 6.18 Å². The van der Waals surface area contributed by atoms with Gasteiger partial charge in [-0.15, -0.1) is 0 Å². The molecule has 2 aliphatic carbocycles. The minimum Gasteiger partial charge on any atom is -0.206 e. The molecule has 0 atom stereocenters. The van der Waals surface area contributed by atoms with Crippen molar-refractivity contribution in [2.75, 3.05) is 0 Å². The zero-order valence-corrected chi connectivity index (χ0v) is 21.3. The highest BCUT2D eigenvalue weighted by molar-refractivity contribution is 5.70. The van der Waals surface area contributed by atoms with Gasteiger partial charge in [0, 0.05) is 0 Å². The molecule has 2 aliphatic rings. The molecule has 2 saturated carbocycles. The maximum Gasteiger partial charge on any atom is 0.422 e. The van der Waals surface area contributed by atoms with Crippen LogP contribution in [0, 0.1) is 35.3 Å². The van der Waals surface area contributed by atoms with Crippen LogP contribution in [0.1, 0.15) is 89.2 Å². The monoisotopic (exact) mass is 504 g/mol. The Balaban J connectivity index is 1.35. The van der Waals surface area contributed by atoms with Crippen molar-refractivity contribution in [3.63, 3.8) is 0 Å². The van der Waals surface area contributed by atoms with E-state index in [1.807, 2.05) is 12.1 Å². The van der Waals surface area contributed by atoms with Crippen LogP contribution in [0.15, 0.2) is 42.5 Å². The summed E-state index contributed by atoms with van der Waals surface area (Å²) in [5.41, 5.74) is 0.902. The summed E-state index contributed by atoms with van der Waals surface area (Å²) in [5, 5.41) is 0. The van der Waals surface area contributed by atoms with Gasteiger partial charge in [0.2, 0.25) is 0 Å².